The Bertz CT molecular complexity index is 613. The fourth-order valence-electron chi connectivity index (χ4n) is 1.53. The minimum Gasteiger partial charge on any atom is -0.448 e. The maximum Gasteiger partial charge on any atom is 0.416 e. The van der Waals surface area contributed by atoms with Gasteiger partial charge in [-0.1, -0.05) is 0 Å². The Kier molecular flexibility index (Phi) is 2.16. The molecule has 1 aromatic heterocycles. The molecule has 2 aromatic rings. The Labute approximate surface area is 99.0 Å². The Morgan fingerprint density at radius 1 is 0.944 bits per heavy atom. The van der Waals surface area contributed by atoms with E-state index in [4.69, 9.17) is 9.47 Å². The predicted octanol–water partition coefficient (Wildman–Crippen LogP) is 3.39. The smallest absolute Gasteiger partial charge is 0.416 e. The normalized spacial score (nSPS) is 13.1. The molecule has 0 bridgehead atoms. The minimum absolute atomic E-state index is 0.00493. The average molecular weight is 254 g/mol. The summed E-state index contributed by atoms with van der Waals surface area (Å²) >= 11 is 0. The van der Waals surface area contributed by atoms with Crippen molar-refractivity contribution in [2.24, 2.45) is 0 Å². The summed E-state index contributed by atoms with van der Waals surface area (Å²) in [5.41, 5.74) is -0.796. The van der Waals surface area contributed by atoms with Gasteiger partial charge in [-0.3, -0.25) is 0 Å². The van der Waals surface area contributed by atoms with Gasteiger partial charge < -0.3 is 9.47 Å². The number of hydrogen-bond acceptors (Lipinski definition) is 4. The second kappa shape index (κ2) is 3.59. The van der Waals surface area contributed by atoms with Crippen molar-refractivity contribution in [2.75, 3.05) is 0 Å². The lowest BCUT2D eigenvalue weighted by molar-refractivity contribution is -0.137. The Morgan fingerprint density at radius 2 is 1.78 bits per heavy atom. The molecular formula is C11H5F3N2O2. The van der Waals surface area contributed by atoms with Gasteiger partial charge in [0.2, 0.25) is 0 Å². The van der Waals surface area contributed by atoms with Gasteiger partial charge in [-0.25, -0.2) is 0 Å². The summed E-state index contributed by atoms with van der Waals surface area (Å²) in [7, 11) is 0. The Balaban J connectivity index is 2.04. The highest BCUT2D eigenvalue weighted by atomic mass is 19.4. The van der Waals surface area contributed by atoms with Gasteiger partial charge in [0.15, 0.2) is 17.2 Å². The lowest BCUT2D eigenvalue weighted by Crippen LogP contribution is -2.07. The van der Waals surface area contributed by atoms with Crippen LogP contribution in [0.1, 0.15) is 5.56 Å². The molecular weight excluding hydrogens is 249 g/mol. The topological polar surface area (TPSA) is 44.2 Å². The molecule has 0 spiro atoms. The molecule has 1 aliphatic heterocycles. The molecule has 0 fully saturated rings. The number of rotatable bonds is 0. The molecule has 0 saturated carbocycles. The molecule has 0 unspecified atom stereocenters. The van der Waals surface area contributed by atoms with Crippen LogP contribution in [0, 0.1) is 0 Å². The van der Waals surface area contributed by atoms with Crippen molar-refractivity contribution in [3.05, 3.63) is 36.0 Å². The molecule has 1 aliphatic rings. The first kappa shape index (κ1) is 10.8. The highest BCUT2D eigenvalue weighted by Gasteiger charge is 2.32. The molecule has 18 heavy (non-hydrogen) atoms. The molecule has 92 valence electrons. The quantitative estimate of drug-likeness (QED) is 0.616. The van der Waals surface area contributed by atoms with Crippen LogP contribution in [-0.2, 0) is 6.18 Å². The van der Waals surface area contributed by atoms with Crippen molar-refractivity contribution in [1.29, 1.82) is 0 Å². The van der Waals surface area contributed by atoms with Crippen LogP contribution in [0.2, 0.25) is 0 Å². The van der Waals surface area contributed by atoms with Gasteiger partial charge in [-0.2, -0.15) is 18.3 Å². The summed E-state index contributed by atoms with van der Waals surface area (Å²) in [5.74, 6) is 0.544. The van der Waals surface area contributed by atoms with Gasteiger partial charge in [-0.15, -0.1) is 5.10 Å². The molecule has 2 heterocycles. The standard InChI is InChI=1S/C11H5F3N2O2/c12-11(13,14)6-1-2-7-9(5-6)17-8-3-4-15-16-10(8)18-7/h1-5H. The van der Waals surface area contributed by atoms with Crippen molar-refractivity contribution in [3.63, 3.8) is 0 Å². The Morgan fingerprint density at radius 3 is 2.56 bits per heavy atom. The fraction of sp³-hybridized carbons (Fsp3) is 0.0909. The lowest BCUT2D eigenvalue weighted by Gasteiger charge is -2.19. The number of hydrogen-bond donors (Lipinski definition) is 0. The highest BCUT2D eigenvalue weighted by molar-refractivity contribution is 5.52. The molecule has 0 radical (unpaired) electrons. The van der Waals surface area contributed by atoms with Crippen LogP contribution in [-0.4, -0.2) is 10.2 Å². The first-order valence-electron chi connectivity index (χ1n) is 4.93. The van der Waals surface area contributed by atoms with E-state index in [1.807, 2.05) is 0 Å². The lowest BCUT2D eigenvalue weighted by atomic mass is 10.2. The third-order valence-corrected chi connectivity index (χ3v) is 2.35. The number of halogens is 3. The van der Waals surface area contributed by atoms with Crippen LogP contribution in [0.3, 0.4) is 0 Å². The number of alkyl halides is 3. The number of benzene rings is 1. The van der Waals surface area contributed by atoms with E-state index in [-0.39, 0.29) is 23.1 Å². The maximum absolute atomic E-state index is 12.5. The number of aromatic nitrogens is 2. The molecule has 0 saturated heterocycles. The van der Waals surface area contributed by atoms with Gasteiger partial charge >= 0.3 is 6.18 Å². The largest absolute Gasteiger partial charge is 0.448 e. The fourth-order valence-corrected chi connectivity index (χ4v) is 1.53. The van der Waals surface area contributed by atoms with Gasteiger partial charge in [0.25, 0.3) is 5.88 Å². The van der Waals surface area contributed by atoms with Crippen molar-refractivity contribution < 1.29 is 22.6 Å². The number of nitrogens with zero attached hydrogens (tertiary/aromatic N) is 2. The summed E-state index contributed by atoms with van der Waals surface area (Å²) in [5, 5.41) is 7.26. The first-order chi connectivity index (χ1) is 8.54. The summed E-state index contributed by atoms with van der Waals surface area (Å²) < 4.78 is 48.2. The molecule has 0 amide bonds. The second-order valence-electron chi connectivity index (χ2n) is 3.56. The van der Waals surface area contributed by atoms with Crippen molar-refractivity contribution in [2.45, 2.75) is 6.18 Å². The van der Waals surface area contributed by atoms with Gasteiger partial charge in [0.05, 0.1) is 11.8 Å². The van der Waals surface area contributed by atoms with E-state index in [0.717, 1.165) is 12.1 Å². The molecule has 7 heteroatoms. The zero-order chi connectivity index (χ0) is 12.8. The monoisotopic (exact) mass is 254 g/mol. The van der Waals surface area contributed by atoms with Crippen LogP contribution in [0.5, 0.6) is 23.1 Å². The van der Waals surface area contributed by atoms with E-state index < -0.39 is 11.7 Å². The van der Waals surface area contributed by atoms with Crippen molar-refractivity contribution in [1.82, 2.24) is 10.2 Å². The van der Waals surface area contributed by atoms with Crippen molar-refractivity contribution >= 4 is 0 Å². The molecule has 0 atom stereocenters. The molecule has 0 N–H and O–H groups in total. The SMILES string of the molecule is FC(F)(F)c1ccc2c(c1)Oc1ccnnc1O2. The zero-order valence-electron chi connectivity index (χ0n) is 8.73. The summed E-state index contributed by atoms with van der Waals surface area (Å²) in [6, 6.07) is 4.46. The van der Waals surface area contributed by atoms with Gasteiger partial charge in [0, 0.05) is 6.07 Å². The van der Waals surface area contributed by atoms with Crippen LogP contribution in [0.4, 0.5) is 13.2 Å². The molecule has 1 aromatic carbocycles. The first-order valence-corrected chi connectivity index (χ1v) is 4.93. The zero-order valence-corrected chi connectivity index (χ0v) is 8.73. The minimum atomic E-state index is -4.42. The van der Waals surface area contributed by atoms with E-state index >= 15 is 0 Å². The van der Waals surface area contributed by atoms with Crippen molar-refractivity contribution in [3.8, 4) is 23.1 Å². The van der Waals surface area contributed by atoms with Crippen LogP contribution < -0.4 is 9.47 Å². The van der Waals surface area contributed by atoms with Gasteiger partial charge in [0.1, 0.15) is 0 Å². The molecule has 4 nitrogen and oxygen atoms in total. The number of fused-ring (bicyclic) bond motifs is 2. The summed E-state index contributed by atoms with van der Waals surface area (Å²) in [4.78, 5) is 0. The van der Waals surface area contributed by atoms with Crippen LogP contribution in [0.25, 0.3) is 0 Å². The second-order valence-corrected chi connectivity index (χ2v) is 3.56. The summed E-state index contributed by atoms with van der Waals surface area (Å²) in [6.07, 6.45) is -3.06. The number of ether oxygens (including phenoxy) is 2. The van der Waals surface area contributed by atoms with E-state index in [9.17, 15) is 13.2 Å². The van der Waals surface area contributed by atoms with E-state index in [1.165, 1.54) is 18.3 Å². The third-order valence-electron chi connectivity index (χ3n) is 2.35. The molecule has 3 rings (SSSR count). The molecule has 0 aliphatic carbocycles. The highest BCUT2D eigenvalue weighted by Crippen LogP contribution is 2.45. The third kappa shape index (κ3) is 1.73. The van der Waals surface area contributed by atoms with Crippen LogP contribution in [0.15, 0.2) is 30.5 Å². The van der Waals surface area contributed by atoms with Gasteiger partial charge in [-0.05, 0) is 18.2 Å². The summed E-state index contributed by atoms with van der Waals surface area (Å²) in [6.45, 7) is 0. The maximum atomic E-state index is 12.5. The Hall–Kier alpha value is -2.31. The van der Waals surface area contributed by atoms with Crippen LogP contribution >= 0.6 is 0 Å². The van der Waals surface area contributed by atoms with E-state index in [0.29, 0.717) is 0 Å². The average Bonchev–Trinajstić information content (AvgIpc) is 2.34. The van der Waals surface area contributed by atoms with E-state index in [1.54, 1.807) is 0 Å². The predicted molar refractivity (Wildman–Crippen MR) is 53.6 cm³/mol. The van der Waals surface area contributed by atoms with E-state index in [2.05, 4.69) is 10.2 Å².